The zero-order valence-electron chi connectivity index (χ0n) is 26.1. The minimum absolute atomic E-state index is 0. The molecule has 0 amide bonds. The maximum atomic E-state index is 2.85. The van der Waals surface area contributed by atoms with Crippen LogP contribution in [0.1, 0.15) is 187 Å². The van der Waals surface area contributed by atoms with Gasteiger partial charge in [-0.15, -0.1) is 0 Å². The molecule has 0 aromatic rings. The van der Waals surface area contributed by atoms with E-state index in [4.69, 9.17) is 0 Å². The number of hydrogen-bond donors (Lipinski definition) is 0. The van der Waals surface area contributed by atoms with Gasteiger partial charge in [-0.25, -0.2) is 0 Å². The van der Waals surface area contributed by atoms with E-state index >= 15 is 0 Å². The molecule has 39 heavy (non-hydrogen) atoms. The van der Waals surface area contributed by atoms with Crippen LogP contribution in [0.25, 0.3) is 0 Å². The molecule has 6 aliphatic carbocycles. The third-order valence-electron chi connectivity index (χ3n) is 12.2. The van der Waals surface area contributed by atoms with Crippen molar-refractivity contribution in [3.8, 4) is 0 Å². The van der Waals surface area contributed by atoms with Gasteiger partial charge in [-0.3, -0.25) is 0 Å². The van der Waals surface area contributed by atoms with Crippen LogP contribution in [-0.2, 0) is 17.1 Å². The first-order chi connectivity index (χ1) is 18.8. The summed E-state index contributed by atoms with van der Waals surface area (Å²) in [4.78, 5) is 0. The molecule has 0 spiro atoms. The predicted molar refractivity (Wildman–Crippen MR) is 175 cm³/mol. The van der Waals surface area contributed by atoms with Gasteiger partial charge in [0, 0.05) is 17.1 Å². The van der Waals surface area contributed by atoms with E-state index in [2.05, 4.69) is 6.92 Å². The van der Waals surface area contributed by atoms with Crippen LogP contribution in [0.2, 0.25) is 0 Å². The molecule has 0 nitrogen and oxygen atoms in total. The molecule has 0 aliphatic heterocycles. The maximum Gasteiger partial charge on any atom is 0 e. The quantitative estimate of drug-likeness (QED) is 0.197. The van der Waals surface area contributed by atoms with Crippen LogP contribution in [-0.4, -0.2) is 34.0 Å². The molecule has 0 bridgehead atoms. The fourth-order valence-corrected chi connectivity index (χ4v) is 20.0. The van der Waals surface area contributed by atoms with Crippen LogP contribution in [0.5, 0.6) is 0 Å². The molecular formula is C36H66FeP2. The zero-order valence-corrected chi connectivity index (χ0v) is 29.0. The SMILES string of the molecule is C1CCCC1.C[C@H](C1CCCC1P(C1CCCCC1)C1CCCCC1)P(C1CCCCC1)C1CCCCC1.[Fe]. The smallest absolute Gasteiger partial charge is 0 e. The summed E-state index contributed by atoms with van der Waals surface area (Å²) in [6.07, 6.45) is 44.0. The van der Waals surface area contributed by atoms with Gasteiger partial charge in [-0.05, 0) is 104 Å². The van der Waals surface area contributed by atoms with E-state index in [9.17, 15) is 0 Å². The zero-order chi connectivity index (χ0) is 26.0. The Labute approximate surface area is 258 Å². The van der Waals surface area contributed by atoms with E-state index in [1.807, 2.05) is 0 Å². The first-order valence-electron chi connectivity index (χ1n) is 18.4. The maximum absolute atomic E-state index is 2.85. The Balaban J connectivity index is 0.000000530. The molecule has 0 aromatic carbocycles. The van der Waals surface area contributed by atoms with Crippen LogP contribution in [0.4, 0.5) is 0 Å². The van der Waals surface area contributed by atoms with Crippen molar-refractivity contribution in [3.63, 3.8) is 0 Å². The van der Waals surface area contributed by atoms with E-state index in [0.717, 1.165) is 22.9 Å². The Kier molecular flexibility index (Phi) is 15.6. The topological polar surface area (TPSA) is 0 Å². The molecule has 6 saturated carbocycles. The Hall–Kier alpha value is 1.38. The van der Waals surface area contributed by atoms with Crippen molar-refractivity contribution in [2.45, 2.75) is 221 Å². The normalized spacial score (nSPS) is 31.2. The Morgan fingerprint density at radius 1 is 0.385 bits per heavy atom. The van der Waals surface area contributed by atoms with E-state index in [-0.39, 0.29) is 32.9 Å². The second-order valence-corrected chi connectivity index (χ2v) is 20.9. The van der Waals surface area contributed by atoms with E-state index in [0.29, 0.717) is 0 Å². The van der Waals surface area contributed by atoms with Crippen molar-refractivity contribution in [1.82, 2.24) is 0 Å². The van der Waals surface area contributed by atoms with Crippen molar-refractivity contribution < 1.29 is 17.1 Å². The molecule has 6 rings (SSSR count). The van der Waals surface area contributed by atoms with Gasteiger partial charge in [-0.2, -0.15) is 0 Å². The molecular weight excluding hydrogens is 550 g/mol. The average molecular weight is 617 g/mol. The van der Waals surface area contributed by atoms with Gasteiger partial charge >= 0.3 is 0 Å². The molecule has 3 heteroatoms. The second kappa shape index (κ2) is 18.2. The summed E-state index contributed by atoms with van der Waals surface area (Å²) in [5.74, 6) is 1.13. The molecule has 0 aromatic heterocycles. The molecule has 2 unspecified atom stereocenters. The van der Waals surface area contributed by atoms with E-state index in [1.54, 1.807) is 148 Å². The van der Waals surface area contributed by atoms with Gasteiger partial charge in [-0.1, -0.05) is 138 Å². The molecule has 0 heterocycles. The van der Waals surface area contributed by atoms with Gasteiger partial charge in [0.25, 0.3) is 0 Å². The molecule has 3 atom stereocenters. The first-order valence-corrected chi connectivity index (χ1v) is 21.5. The predicted octanol–water partition coefficient (Wildman–Crippen LogP) is 12.8. The number of rotatable bonds is 7. The minimum atomic E-state index is 0. The van der Waals surface area contributed by atoms with Crippen LogP contribution in [0, 0.1) is 5.92 Å². The van der Waals surface area contributed by atoms with E-state index in [1.165, 1.54) is 49.1 Å². The molecule has 6 fully saturated rings. The van der Waals surface area contributed by atoms with Crippen molar-refractivity contribution in [2.75, 3.05) is 0 Å². The van der Waals surface area contributed by atoms with Crippen LogP contribution in [0.15, 0.2) is 0 Å². The monoisotopic (exact) mass is 616 g/mol. The van der Waals surface area contributed by atoms with Crippen LogP contribution >= 0.6 is 15.8 Å². The molecule has 0 N–H and O–H groups in total. The van der Waals surface area contributed by atoms with Gasteiger partial charge in [0.2, 0.25) is 0 Å². The molecule has 6 aliphatic rings. The minimum Gasteiger partial charge on any atom is -0.0971 e. The molecule has 0 saturated heterocycles. The summed E-state index contributed by atoms with van der Waals surface area (Å²) in [5.41, 5.74) is 6.93. The standard InChI is InChI=1S/C31H56P2.C5H10.Fe/c1-25(32(26-15-6-2-7-16-26)27-17-8-3-9-18-27)30-23-14-24-31(30)33(28-19-10-4-11-20-28)29-21-12-5-13-22-29;1-2-4-5-3-1;/h25-31H,2-24H2,1H3;1-5H2;/t25-,30?,31?;;/m1../s1. The van der Waals surface area contributed by atoms with E-state index < -0.39 is 0 Å². The summed E-state index contributed by atoms with van der Waals surface area (Å²) >= 11 is 0. The van der Waals surface area contributed by atoms with Gasteiger partial charge in [0.15, 0.2) is 0 Å². The van der Waals surface area contributed by atoms with Crippen LogP contribution < -0.4 is 0 Å². The van der Waals surface area contributed by atoms with Gasteiger partial charge in [0.05, 0.1) is 0 Å². The fraction of sp³-hybridized carbons (Fsp3) is 1.00. The summed E-state index contributed by atoms with van der Waals surface area (Å²) < 4.78 is 0. The summed E-state index contributed by atoms with van der Waals surface area (Å²) in [6.45, 7) is 2.85. The largest absolute Gasteiger partial charge is 0.0971 e. The van der Waals surface area contributed by atoms with Gasteiger partial charge in [0.1, 0.15) is 0 Å². The van der Waals surface area contributed by atoms with Gasteiger partial charge < -0.3 is 0 Å². The Morgan fingerprint density at radius 2 is 0.718 bits per heavy atom. The Morgan fingerprint density at radius 3 is 1.10 bits per heavy atom. The summed E-state index contributed by atoms with van der Waals surface area (Å²) in [6, 6.07) is 0. The average Bonchev–Trinajstić information content (AvgIpc) is 3.72. The van der Waals surface area contributed by atoms with Crippen molar-refractivity contribution in [3.05, 3.63) is 0 Å². The summed E-state index contributed by atoms with van der Waals surface area (Å²) in [5, 5.41) is 0. The number of hydrogen-bond acceptors (Lipinski definition) is 0. The third kappa shape index (κ3) is 9.43. The van der Waals surface area contributed by atoms with Crippen molar-refractivity contribution in [1.29, 1.82) is 0 Å². The van der Waals surface area contributed by atoms with Crippen LogP contribution in [0.3, 0.4) is 0 Å². The van der Waals surface area contributed by atoms with Crippen molar-refractivity contribution in [2.24, 2.45) is 5.92 Å². The Bertz CT molecular complexity index is 582. The van der Waals surface area contributed by atoms with Crippen molar-refractivity contribution >= 4 is 15.8 Å². The summed E-state index contributed by atoms with van der Waals surface area (Å²) in [7, 11) is 0.536. The second-order valence-electron chi connectivity index (χ2n) is 14.7. The molecule has 228 valence electrons. The molecule has 0 radical (unpaired) electrons. The first kappa shape index (κ1) is 33.3. The fourth-order valence-electron chi connectivity index (χ4n) is 10.3. The third-order valence-corrected chi connectivity index (χ3v) is 20.4.